The van der Waals surface area contributed by atoms with E-state index in [1.807, 2.05) is 0 Å². The number of piperidine rings is 1. The van der Waals surface area contributed by atoms with Crippen molar-refractivity contribution in [2.45, 2.75) is 24.8 Å². The smallest absolute Gasteiger partial charge is 0.227 e. The summed E-state index contributed by atoms with van der Waals surface area (Å²) in [5.74, 6) is 2.48. The minimum atomic E-state index is 0.483. The molecule has 3 heterocycles. The first-order chi connectivity index (χ1) is 11.8. The molecule has 2 aromatic rings. The fourth-order valence-electron chi connectivity index (χ4n) is 3.96. The molecular weight excluding hydrogens is 300 g/mol. The molecule has 4 rings (SSSR count). The van der Waals surface area contributed by atoms with Crippen LogP contribution >= 0.6 is 0 Å². The molecule has 6 heteroatoms. The highest BCUT2D eigenvalue weighted by Gasteiger charge is 2.36. The van der Waals surface area contributed by atoms with Crippen LogP contribution in [0.2, 0.25) is 0 Å². The topological polar surface area (TPSA) is 79.1 Å². The first kappa shape index (κ1) is 15.4. The van der Waals surface area contributed by atoms with Gasteiger partial charge < -0.3 is 10.6 Å². The molecule has 0 spiro atoms. The molecule has 2 fully saturated rings. The third-order valence-corrected chi connectivity index (χ3v) is 5.25. The van der Waals surface area contributed by atoms with E-state index in [1.54, 1.807) is 12.3 Å². The Hall–Kier alpha value is -2.18. The highest BCUT2D eigenvalue weighted by Crippen LogP contribution is 2.32. The second kappa shape index (κ2) is 6.75. The van der Waals surface area contributed by atoms with Crippen LogP contribution in [0.1, 0.15) is 24.3 Å². The lowest BCUT2D eigenvalue weighted by atomic mass is 9.80. The van der Waals surface area contributed by atoms with Crippen molar-refractivity contribution in [3.63, 3.8) is 0 Å². The summed E-state index contributed by atoms with van der Waals surface area (Å²) < 4.78 is 0. The molecule has 6 nitrogen and oxygen atoms in total. The van der Waals surface area contributed by atoms with Gasteiger partial charge in [0, 0.05) is 37.8 Å². The zero-order valence-corrected chi connectivity index (χ0v) is 13.7. The van der Waals surface area contributed by atoms with E-state index in [9.17, 15) is 0 Å². The van der Waals surface area contributed by atoms with Gasteiger partial charge in [0.05, 0.1) is 0 Å². The number of benzene rings is 1. The second-order valence-corrected chi connectivity index (χ2v) is 6.67. The Morgan fingerprint density at radius 3 is 2.62 bits per heavy atom. The molecule has 2 saturated heterocycles. The van der Waals surface area contributed by atoms with Crippen molar-refractivity contribution in [1.29, 1.82) is 0 Å². The van der Waals surface area contributed by atoms with Gasteiger partial charge in [0.25, 0.3) is 0 Å². The van der Waals surface area contributed by atoms with Gasteiger partial charge in [-0.3, -0.25) is 10.9 Å². The van der Waals surface area contributed by atoms with Crippen LogP contribution in [0.4, 0.5) is 11.8 Å². The van der Waals surface area contributed by atoms with Crippen LogP contribution in [0.15, 0.2) is 42.6 Å². The van der Waals surface area contributed by atoms with E-state index < -0.39 is 0 Å². The molecule has 0 aliphatic carbocycles. The summed E-state index contributed by atoms with van der Waals surface area (Å²) in [6.07, 6.45) is 4.01. The zero-order chi connectivity index (χ0) is 16.4. The predicted molar refractivity (Wildman–Crippen MR) is 95.5 cm³/mol. The zero-order valence-electron chi connectivity index (χ0n) is 13.7. The molecule has 126 valence electrons. The SMILES string of the molecule is Nc1ccnc(N2CCC(C3NNCC3c3ccccc3)CC2)n1. The summed E-state index contributed by atoms with van der Waals surface area (Å²) in [7, 11) is 0. The maximum absolute atomic E-state index is 5.78. The van der Waals surface area contributed by atoms with E-state index >= 15 is 0 Å². The summed E-state index contributed by atoms with van der Waals surface area (Å²) in [5, 5.41) is 0. The monoisotopic (exact) mass is 324 g/mol. The van der Waals surface area contributed by atoms with E-state index in [0.29, 0.717) is 23.7 Å². The van der Waals surface area contributed by atoms with Gasteiger partial charge in [-0.15, -0.1) is 0 Å². The Bertz CT molecular complexity index is 668. The number of rotatable bonds is 3. The number of hydrazine groups is 1. The molecule has 0 radical (unpaired) electrons. The molecule has 0 amide bonds. The van der Waals surface area contributed by atoms with E-state index in [0.717, 1.165) is 38.4 Å². The first-order valence-electron chi connectivity index (χ1n) is 8.68. The first-order valence-corrected chi connectivity index (χ1v) is 8.68. The molecule has 0 bridgehead atoms. The second-order valence-electron chi connectivity index (χ2n) is 6.67. The van der Waals surface area contributed by atoms with Crippen molar-refractivity contribution in [2.75, 3.05) is 30.3 Å². The number of nitrogens with zero attached hydrogens (tertiary/aromatic N) is 3. The lowest BCUT2D eigenvalue weighted by molar-refractivity contribution is 0.295. The molecule has 1 aromatic carbocycles. The average molecular weight is 324 g/mol. The van der Waals surface area contributed by atoms with Gasteiger partial charge in [0.2, 0.25) is 5.95 Å². The van der Waals surface area contributed by atoms with Gasteiger partial charge in [0.15, 0.2) is 0 Å². The van der Waals surface area contributed by atoms with E-state index in [2.05, 4.69) is 56.1 Å². The van der Waals surface area contributed by atoms with Crippen LogP contribution in [0.25, 0.3) is 0 Å². The fourth-order valence-corrected chi connectivity index (χ4v) is 3.96. The Labute approximate surface area is 142 Å². The van der Waals surface area contributed by atoms with Gasteiger partial charge in [-0.05, 0) is 30.4 Å². The van der Waals surface area contributed by atoms with Gasteiger partial charge in [-0.2, -0.15) is 4.98 Å². The lowest BCUT2D eigenvalue weighted by Gasteiger charge is -2.36. The summed E-state index contributed by atoms with van der Waals surface area (Å²) in [5.41, 5.74) is 14.1. The van der Waals surface area contributed by atoms with Crippen LogP contribution in [-0.2, 0) is 0 Å². The molecule has 24 heavy (non-hydrogen) atoms. The predicted octanol–water partition coefficient (Wildman–Crippen LogP) is 1.54. The van der Waals surface area contributed by atoms with Crippen LogP contribution in [-0.4, -0.2) is 35.6 Å². The lowest BCUT2D eigenvalue weighted by Crippen LogP contribution is -2.44. The van der Waals surface area contributed by atoms with Gasteiger partial charge in [-0.25, -0.2) is 4.98 Å². The van der Waals surface area contributed by atoms with Crippen LogP contribution in [0, 0.1) is 5.92 Å². The van der Waals surface area contributed by atoms with Gasteiger partial charge in [0.1, 0.15) is 5.82 Å². The van der Waals surface area contributed by atoms with Gasteiger partial charge in [-0.1, -0.05) is 30.3 Å². The standard InChI is InChI=1S/C18H24N6/c19-16-6-9-20-18(22-16)24-10-7-14(8-11-24)17-15(12-21-23-17)13-4-2-1-3-5-13/h1-6,9,14-15,17,21,23H,7-8,10-12H2,(H2,19,20,22). The summed E-state index contributed by atoms with van der Waals surface area (Å²) in [4.78, 5) is 10.9. The van der Waals surface area contributed by atoms with E-state index in [4.69, 9.17) is 5.73 Å². The van der Waals surface area contributed by atoms with Gasteiger partial charge >= 0.3 is 0 Å². The summed E-state index contributed by atoms with van der Waals surface area (Å²) in [6, 6.07) is 13.0. The van der Waals surface area contributed by atoms with Crippen molar-refractivity contribution >= 4 is 11.8 Å². The molecule has 0 saturated carbocycles. The van der Waals surface area contributed by atoms with Crippen molar-refractivity contribution in [1.82, 2.24) is 20.8 Å². The van der Waals surface area contributed by atoms with Crippen molar-refractivity contribution in [3.8, 4) is 0 Å². The highest BCUT2D eigenvalue weighted by molar-refractivity contribution is 5.38. The van der Waals surface area contributed by atoms with Crippen molar-refractivity contribution in [3.05, 3.63) is 48.2 Å². The highest BCUT2D eigenvalue weighted by atomic mass is 15.4. The minimum absolute atomic E-state index is 0.483. The van der Waals surface area contributed by atoms with E-state index in [-0.39, 0.29) is 0 Å². The van der Waals surface area contributed by atoms with Crippen LogP contribution in [0.3, 0.4) is 0 Å². The number of nitrogens with one attached hydrogen (secondary N) is 2. The molecule has 2 aliphatic rings. The Morgan fingerprint density at radius 2 is 1.88 bits per heavy atom. The largest absolute Gasteiger partial charge is 0.384 e. The Kier molecular flexibility index (Phi) is 4.32. The molecule has 4 N–H and O–H groups in total. The number of aromatic nitrogens is 2. The molecule has 2 unspecified atom stereocenters. The average Bonchev–Trinajstić information content (AvgIpc) is 3.12. The normalized spacial score (nSPS) is 25.1. The van der Waals surface area contributed by atoms with Crippen molar-refractivity contribution < 1.29 is 0 Å². The number of nitrogen functional groups attached to an aromatic ring is 1. The third-order valence-electron chi connectivity index (χ3n) is 5.25. The minimum Gasteiger partial charge on any atom is -0.384 e. The summed E-state index contributed by atoms with van der Waals surface area (Å²) >= 11 is 0. The van der Waals surface area contributed by atoms with Crippen LogP contribution < -0.4 is 21.5 Å². The van der Waals surface area contributed by atoms with Crippen LogP contribution in [0.5, 0.6) is 0 Å². The maximum atomic E-state index is 5.78. The fraction of sp³-hybridized carbons (Fsp3) is 0.444. The number of hydrogen-bond donors (Lipinski definition) is 3. The Morgan fingerprint density at radius 1 is 1.08 bits per heavy atom. The maximum Gasteiger partial charge on any atom is 0.227 e. The number of hydrogen-bond acceptors (Lipinski definition) is 6. The molecule has 2 atom stereocenters. The molecule has 1 aromatic heterocycles. The summed E-state index contributed by atoms with van der Waals surface area (Å²) in [6.45, 7) is 2.95. The quantitative estimate of drug-likeness (QED) is 0.795. The number of anilines is 2. The number of nitrogens with two attached hydrogens (primary N) is 1. The molecular formula is C18H24N6. The van der Waals surface area contributed by atoms with Crippen molar-refractivity contribution in [2.24, 2.45) is 5.92 Å². The molecule has 2 aliphatic heterocycles. The third kappa shape index (κ3) is 3.07. The van der Waals surface area contributed by atoms with E-state index in [1.165, 1.54) is 5.56 Å². The Balaban J connectivity index is 1.42.